The van der Waals surface area contributed by atoms with Gasteiger partial charge in [-0.15, -0.1) is 0 Å². The minimum absolute atomic E-state index is 0.140. The summed E-state index contributed by atoms with van der Waals surface area (Å²) in [6.45, 7) is 0. The molecule has 0 saturated carbocycles. The van der Waals surface area contributed by atoms with Crippen molar-refractivity contribution in [3.8, 4) is 0 Å². The van der Waals surface area contributed by atoms with Crippen molar-refractivity contribution in [2.45, 2.75) is 0 Å². The second-order valence-corrected chi connectivity index (χ2v) is 4.00. The Kier molecular flexibility index (Phi) is 2.99. The minimum atomic E-state index is -0.140. The Hall–Kier alpha value is -1.39. The molecule has 0 radical (unpaired) electrons. The Balaban J connectivity index is 2.13. The first kappa shape index (κ1) is 10.1. The molecular formula is C10H7ClN2OS. The Labute approximate surface area is 95.7 Å². The van der Waals surface area contributed by atoms with E-state index in [9.17, 15) is 4.79 Å². The maximum atomic E-state index is 11.6. The Morgan fingerprint density at radius 1 is 1.47 bits per heavy atom. The summed E-state index contributed by atoms with van der Waals surface area (Å²) in [7, 11) is 0. The maximum Gasteiger partial charge on any atom is 0.256 e. The molecule has 1 amide bonds. The fraction of sp³-hybridized carbons (Fsp3) is 0. The van der Waals surface area contributed by atoms with Crippen LogP contribution in [0.3, 0.4) is 0 Å². The number of carbonyl (C=O) groups excluding carboxylic acids is 1. The molecule has 76 valence electrons. The van der Waals surface area contributed by atoms with E-state index in [2.05, 4.69) is 10.3 Å². The summed E-state index contributed by atoms with van der Waals surface area (Å²) in [5, 5.41) is 6.73. The number of anilines is 1. The minimum Gasteiger partial charge on any atom is -0.322 e. The van der Waals surface area contributed by atoms with E-state index in [0.717, 1.165) is 0 Å². The molecule has 0 aliphatic heterocycles. The van der Waals surface area contributed by atoms with Gasteiger partial charge in [-0.1, -0.05) is 11.6 Å². The number of aromatic nitrogens is 1. The highest BCUT2D eigenvalue weighted by atomic mass is 35.5. The van der Waals surface area contributed by atoms with Crippen LogP contribution < -0.4 is 5.32 Å². The molecular weight excluding hydrogens is 232 g/mol. The van der Waals surface area contributed by atoms with Crippen molar-refractivity contribution in [1.29, 1.82) is 0 Å². The van der Waals surface area contributed by atoms with Crippen LogP contribution in [0.1, 0.15) is 10.4 Å². The Bertz CT molecular complexity index is 470. The molecule has 0 atom stereocenters. The number of rotatable bonds is 2. The van der Waals surface area contributed by atoms with Gasteiger partial charge in [-0.3, -0.25) is 4.79 Å². The van der Waals surface area contributed by atoms with Gasteiger partial charge in [-0.2, -0.15) is 11.3 Å². The molecule has 3 nitrogen and oxygen atoms in total. The van der Waals surface area contributed by atoms with Crippen molar-refractivity contribution in [2.24, 2.45) is 0 Å². The van der Waals surface area contributed by atoms with E-state index in [0.29, 0.717) is 16.4 Å². The molecule has 2 rings (SSSR count). The lowest BCUT2D eigenvalue weighted by atomic mass is 10.3. The van der Waals surface area contributed by atoms with E-state index in [1.54, 1.807) is 29.8 Å². The highest BCUT2D eigenvalue weighted by Crippen LogP contribution is 2.14. The summed E-state index contributed by atoms with van der Waals surface area (Å²) >= 11 is 7.18. The van der Waals surface area contributed by atoms with Crippen LogP contribution in [-0.2, 0) is 0 Å². The van der Waals surface area contributed by atoms with Crippen LogP contribution in [0.4, 0.5) is 5.69 Å². The lowest BCUT2D eigenvalue weighted by Crippen LogP contribution is -2.10. The number of amides is 1. The van der Waals surface area contributed by atoms with Gasteiger partial charge in [0.1, 0.15) is 5.15 Å². The number of halogens is 1. The van der Waals surface area contributed by atoms with Crippen LogP contribution in [0, 0.1) is 0 Å². The summed E-state index contributed by atoms with van der Waals surface area (Å²) in [4.78, 5) is 15.4. The monoisotopic (exact) mass is 238 g/mol. The average molecular weight is 239 g/mol. The average Bonchev–Trinajstić information content (AvgIpc) is 2.70. The van der Waals surface area contributed by atoms with Gasteiger partial charge in [0, 0.05) is 17.3 Å². The number of thiophene rings is 1. The summed E-state index contributed by atoms with van der Waals surface area (Å²) in [6, 6.07) is 5.06. The summed E-state index contributed by atoms with van der Waals surface area (Å²) in [5.74, 6) is -0.140. The molecule has 5 heteroatoms. The largest absolute Gasteiger partial charge is 0.322 e. The highest BCUT2D eigenvalue weighted by molar-refractivity contribution is 7.08. The third-order valence-corrected chi connectivity index (χ3v) is 2.66. The Morgan fingerprint density at radius 2 is 2.33 bits per heavy atom. The van der Waals surface area contributed by atoms with Gasteiger partial charge in [0.2, 0.25) is 0 Å². The van der Waals surface area contributed by atoms with Crippen molar-refractivity contribution < 1.29 is 4.79 Å². The van der Waals surface area contributed by atoms with Crippen LogP contribution in [0.15, 0.2) is 35.2 Å². The van der Waals surface area contributed by atoms with Crippen LogP contribution in [0.25, 0.3) is 0 Å². The van der Waals surface area contributed by atoms with Crippen molar-refractivity contribution >= 4 is 34.5 Å². The van der Waals surface area contributed by atoms with Crippen LogP contribution in [0.2, 0.25) is 5.15 Å². The zero-order valence-corrected chi connectivity index (χ0v) is 9.18. The lowest BCUT2D eigenvalue weighted by molar-refractivity contribution is 0.102. The van der Waals surface area contributed by atoms with Crippen molar-refractivity contribution in [3.63, 3.8) is 0 Å². The van der Waals surface area contributed by atoms with Gasteiger partial charge in [-0.05, 0) is 23.6 Å². The van der Waals surface area contributed by atoms with E-state index in [-0.39, 0.29) is 5.91 Å². The molecule has 15 heavy (non-hydrogen) atoms. The molecule has 2 heterocycles. The fourth-order valence-electron chi connectivity index (χ4n) is 1.08. The maximum absolute atomic E-state index is 11.6. The smallest absolute Gasteiger partial charge is 0.256 e. The van der Waals surface area contributed by atoms with Gasteiger partial charge in [0.05, 0.1) is 5.56 Å². The van der Waals surface area contributed by atoms with E-state index < -0.39 is 0 Å². The number of nitrogens with zero attached hydrogens (tertiary/aromatic N) is 1. The normalized spacial score (nSPS) is 9.93. The lowest BCUT2D eigenvalue weighted by Gasteiger charge is -2.02. The zero-order valence-electron chi connectivity index (χ0n) is 7.61. The second kappa shape index (κ2) is 4.42. The van der Waals surface area contributed by atoms with Gasteiger partial charge in [0.15, 0.2) is 0 Å². The number of hydrogen-bond acceptors (Lipinski definition) is 3. The number of nitrogens with one attached hydrogen (secondary N) is 1. The zero-order chi connectivity index (χ0) is 10.7. The first-order valence-corrected chi connectivity index (χ1v) is 5.53. The van der Waals surface area contributed by atoms with Crippen molar-refractivity contribution in [1.82, 2.24) is 4.98 Å². The first-order chi connectivity index (χ1) is 7.25. The topological polar surface area (TPSA) is 42.0 Å². The molecule has 0 aliphatic carbocycles. The highest BCUT2D eigenvalue weighted by Gasteiger charge is 2.05. The van der Waals surface area contributed by atoms with Gasteiger partial charge in [-0.25, -0.2) is 4.98 Å². The van der Waals surface area contributed by atoms with E-state index in [1.807, 2.05) is 5.38 Å². The standard InChI is InChI=1S/C10H7ClN2OS/c11-9-5-8(1-3-12-9)13-10(14)7-2-4-15-6-7/h1-6H,(H,12,13,14). The summed E-state index contributed by atoms with van der Waals surface area (Å²) < 4.78 is 0. The molecule has 0 spiro atoms. The molecule has 0 fully saturated rings. The SMILES string of the molecule is O=C(Nc1ccnc(Cl)c1)c1ccsc1. The summed E-state index contributed by atoms with van der Waals surface area (Å²) in [6.07, 6.45) is 1.55. The fourth-order valence-corrected chi connectivity index (χ4v) is 1.89. The molecule has 2 aromatic rings. The van der Waals surface area contributed by atoms with Crippen LogP contribution >= 0.6 is 22.9 Å². The molecule has 1 N–H and O–H groups in total. The molecule has 0 unspecified atom stereocenters. The predicted molar refractivity (Wildman–Crippen MR) is 61.5 cm³/mol. The van der Waals surface area contributed by atoms with Crippen LogP contribution in [0.5, 0.6) is 0 Å². The number of pyridine rings is 1. The third kappa shape index (κ3) is 2.55. The number of hydrogen-bond donors (Lipinski definition) is 1. The molecule has 0 bridgehead atoms. The van der Waals surface area contributed by atoms with E-state index in [1.165, 1.54) is 11.3 Å². The Morgan fingerprint density at radius 3 is 3.00 bits per heavy atom. The summed E-state index contributed by atoms with van der Waals surface area (Å²) in [5.41, 5.74) is 1.29. The molecule has 0 aromatic carbocycles. The first-order valence-electron chi connectivity index (χ1n) is 4.21. The molecule has 0 saturated heterocycles. The third-order valence-electron chi connectivity index (χ3n) is 1.77. The van der Waals surface area contributed by atoms with E-state index >= 15 is 0 Å². The second-order valence-electron chi connectivity index (χ2n) is 2.83. The quantitative estimate of drug-likeness (QED) is 0.817. The van der Waals surface area contributed by atoms with Crippen molar-refractivity contribution in [2.75, 3.05) is 5.32 Å². The van der Waals surface area contributed by atoms with E-state index in [4.69, 9.17) is 11.6 Å². The van der Waals surface area contributed by atoms with Gasteiger partial charge >= 0.3 is 0 Å². The predicted octanol–water partition coefficient (Wildman–Crippen LogP) is 3.05. The van der Waals surface area contributed by atoms with Crippen LogP contribution in [-0.4, -0.2) is 10.9 Å². The molecule has 2 aromatic heterocycles. The van der Waals surface area contributed by atoms with Crippen molar-refractivity contribution in [3.05, 3.63) is 45.9 Å². The van der Waals surface area contributed by atoms with Gasteiger partial charge in [0.25, 0.3) is 5.91 Å². The van der Waals surface area contributed by atoms with Gasteiger partial charge < -0.3 is 5.32 Å². The number of carbonyl (C=O) groups is 1. The molecule has 0 aliphatic rings.